The zero-order valence-corrected chi connectivity index (χ0v) is 14.1. The van der Waals surface area contributed by atoms with Crippen molar-refractivity contribution in [2.24, 2.45) is 22.7 Å². The molecule has 22 heavy (non-hydrogen) atoms. The summed E-state index contributed by atoms with van der Waals surface area (Å²) in [5, 5.41) is 0. The van der Waals surface area contributed by atoms with Gasteiger partial charge in [-0.3, -0.25) is 4.79 Å². The lowest BCUT2D eigenvalue weighted by Crippen LogP contribution is -2.52. The summed E-state index contributed by atoms with van der Waals surface area (Å²) in [6.07, 6.45) is 13.2. The van der Waals surface area contributed by atoms with Crippen LogP contribution in [0.5, 0.6) is 0 Å². The number of carbonyl (C=O) groups is 1. The molecule has 0 N–H and O–H groups in total. The van der Waals surface area contributed by atoms with E-state index in [0.29, 0.717) is 11.7 Å². The van der Waals surface area contributed by atoms with Gasteiger partial charge in [0.05, 0.1) is 12.5 Å². The van der Waals surface area contributed by atoms with Crippen molar-refractivity contribution in [3.05, 3.63) is 41.9 Å². The Bertz CT molecular complexity index is 618. The van der Waals surface area contributed by atoms with Gasteiger partial charge in [-0.15, -0.1) is 0 Å². The maximum atomic E-state index is 12.7. The first kappa shape index (κ1) is 15.3. The highest BCUT2D eigenvalue weighted by Crippen LogP contribution is 2.58. The highest BCUT2D eigenvalue weighted by Gasteiger charge is 2.54. The maximum Gasteiger partial charge on any atom is 0.159 e. The summed E-state index contributed by atoms with van der Waals surface area (Å²) in [6, 6.07) is 1.97. The Morgan fingerprint density at radius 3 is 2.73 bits per heavy atom. The number of fused-ring (bicyclic) bond motifs is 1. The summed E-state index contributed by atoms with van der Waals surface area (Å²) in [5.41, 5.74) is 2.39. The van der Waals surface area contributed by atoms with Gasteiger partial charge in [-0.05, 0) is 42.7 Å². The van der Waals surface area contributed by atoms with E-state index >= 15 is 0 Å². The Kier molecular flexibility index (Phi) is 3.66. The van der Waals surface area contributed by atoms with Gasteiger partial charge in [0.1, 0.15) is 0 Å². The third-order valence-corrected chi connectivity index (χ3v) is 5.86. The Hall–Kier alpha value is -1.57. The molecule has 1 unspecified atom stereocenters. The fourth-order valence-corrected chi connectivity index (χ4v) is 5.02. The van der Waals surface area contributed by atoms with Gasteiger partial charge >= 0.3 is 0 Å². The number of furan rings is 1. The van der Waals surface area contributed by atoms with E-state index in [2.05, 4.69) is 39.8 Å². The van der Waals surface area contributed by atoms with E-state index in [0.717, 1.165) is 18.4 Å². The molecule has 2 heteroatoms. The third-order valence-electron chi connectivity index (χ3n) is 5.86. The van der Waals surface area contributed by atoms with Crippen LogP contribution in [0.4, 0.5) is 0 Å². The molecule has 0 radical (unpaired) electrons. The minimum Gasteiger partial charge on any atom is -0.472 e. The van der Waals surface area contributed by atoms with Gasteiger partial charge in [0.15, 0.2) is 5.78 Å². The van der Waals surface area contributed by atoms with E-state index in [-0.39, 0.29) is 16.7 Å². The highest BCUT2D eigenvalue weighted by molar-refractivity contribution is 5.95. The molecule has 0 aliphatic heterocycles. The lowest BCUT2D eigenvalue weighted by Gasteiger charge is -2.55. The van der Waals surface area contributed by atoms with Crippen LogP contribution in [0.1, 0.15) is 52.5 Å². The molecular weight excluding hydrogens is 272 g/mol. The minimum absolute atomic E-state index is 0.0257. The van der Waals surface area contributed by atoms with E-state index in [9.17, 15) is 4.79 Å². The van der Waals surface area contributed by atoms with Gasteiger partial charge in [0.25, 0.3) is 0 Å². The first-order chi connectivity index (χ1) is 10.3. The molecule has 3 rings (SSSR count). The Labute approximate surface area is 133 Å². The quantitative estimate of drug-likeness (QED) is 0.744. The summed E-state index contributed by atoms with van der Waals surface area (Å²) in [4.78, 5) is 12.7. The Balaban J connectivity index is 2.01. The number of hydrogen-bond donors (Lipinski definition) is 0. The van der Waals surface area contributed by atoms with Crippen molar-refractivity contribution in [1.82, 2.24) is 0 Å². The topological polar surface area (TPSA) is 30.2 Å². The molecule has 0 bridgehead atoms. The molecule has 2 aliphatic rings. The van der Waals surface area contributed by atoms with E-state index in [1.54, 1.807) is 12.5 Å². The molecule has 118 valence electrons. The van der Waals surface area contributed by atoms with Crippen LogP contribution in [0.15, 0.2) is 40.7 Å². The van der Waals surface area contributed by atoms with Crippen LogP contribution in [0.2, 0.25) is 0 Å². The molecule has 0 amide bonds. The van der Waals surface area contributed by atoms with E-state index in [4.69, 9.17) is 4.42 Å². The van der Waals surface area contributed by atoms with Crippen LogP contribution in [-0.4, -0.2) is 5.78 Å². The Morgan fingerprint density at radius 1 is 1.27 bits per heavy atom. The molecule has 1 aromatic heterocycles. The fourth-order valence-electron chi connectivity index (χ4n) is 5.02. The molecule has 0 saturated heterocycles. The summed E-state index contributed by atoms with van der Waals surface area (Å²) >= 11 is 0. The molecule has 1 heterocycles. The van der Waals surface area contributed by atoms with E-state index < -0.39 is 0 Å². The predicted molar refractivity (Wildman–Crippen MR) is 89.2 cm³/mol. The fraction of sp³-hybridized carbons (Fsp3) is 0.550. The average Bonchev–Trinajstić information content (AvgIpc) is 2.89. The maximum absolute atomic E-state index is 12.7. The normalized spacial score (nSPS) is 34.5. The van der Waals surface area contributed by atoms with Crippen LogP contribution < -0.4 is 0 Å². The summed E-state index contributed by atoms with van der Waals surface area (Å²) in [7, 11) is 0. The molecule has 1 saturated carbocycles. The minimum atomic E-state index is 0.0257. The van der Waals surface area contributed by atoms with Crippen molar-refractivity contribution >= 4 is 11.9 Å². The first-order valence-electron chi connectivity index (χ1n) is 8.27. The van der Waals surface area contributed by atoms with Gasteiger partial charge in [-0.25, -0.2) is 0 Å². The lowest BCUT2D eigenvalue weighted by atomic mass is 9.48. The second-order valence-corrected chi connectivity index (χ2v) is 7.97. The largest absolute Gasteiger partial charge is 0.472 e. The zero-order chi connectivity index (χ0) is 16.0. The van der Waals surface area contributed by atoms with Crippen molar-refractivity contribution < 1.29 is 9.21 Å². The van der Waals surface area contributed by atoms with Crippen molar-refractivity contribution in [3.8, 4) is 0 Å². The van der Waals surface area contributed by atoms with Crippen LogP contribution >= 0.6 is 0 Å². The molecule has 1 aromatic rings. The van der Waals surface area contributed by atoms with Crippen LogP contribution in [0.3, 0.4) is 0 Å². The molecule has 2 nitrogen and oxygen atoms in total. The highest BCUT2D eigenvalue weighted by atomic mass is 16.3. The summed E-state index contributed by atoms with van der Waals surface area (Å²) in [5.74, 6) is 0.777. The zero-order valence-electron chi connectivity index (χ0n) is 14.1. The number of hydrogen-bond acceptors (Lipinski definition) is 2. The number of allylic oxidation sites excluding steroid dienone is 3. The molecule has 0 spiro atoms. The van der Waals surface area contributed by atoms with Crippen molar-refractivity contribution in [3.63, 3.8) is 0 Å². The number of rotatable bonds is 2. The predicted octanol–water partition coefficient (Wildman–Crippen LogP) is 5.27. The first-order valence-corrected chi connectivity index (χ1v) is 8.27. The van der Waals surface area contributed by atoms with Crippen LogP contribution in [0.25, 0.3) is 6.08 Å². The smallest absolute Gasteiger partial charge is 0.159 e. The summed E-state index contributed by atoms with van der Waals surface area (Å²) < 4.78 is 5.14. The van der Waals surface area contributed by atoms with Crippen LogP contribution in [0, 0.1) is 22.7 Å². The number of ketones is 1. The molecule has 2 aliphatic carbocycles. The van der Waals surface area contributed by atoms with Gasteiger partial charge < -0.3 is 4.42 Å². The van der Waals surface area contributed by atoms with Crippen molar-refractivity contribution in [2.75, 3.05) is 0 Å². The summed E-state index contributed by atoms with van der Waals surface area (Å²) in [6.45, 7) is 8.94. The standard InChI is InChI=1S/C20H26O2/c1-14-12-17(21)18-19(2,3)9-5-10-20(18,4)16(14)7-6-15-8-11-22-13-15/h6-8,11-13,16,18H,5,9-10H2,1-4H3/b7-6+/t16-,18?,20+/m0/s1. The number of carbonyl (C=O) groups excluding carboxylic acids is 1. The van der Waals surface area contributed by atoms with E-state index in [1.807, 2.05) is 12.1 Å². The van der Waals surface area contributed by atoms with Gasteiger partial charge in [-0.2, -0.15) is 0 Å². The van der Waals surface area contributed by atoms with Crippen molar-refractivity contribution in [2.45, 2.75) is 47.0 Å². The molecule has 3 atom stereocenters. The second kappa shape index (κ2) is 5.26. The Morgan fingerprint density at radius 2 is 2.05 bits per heavy atom. The second-order valence-electron chi connectivity index (χ2n) is 7.97. The van der Waals surface area contributed by atoms with Crippen molar-refractivity contribution in [1.29, 1.82) is 0 Å². The lowest BCUT2D eigenvalue weighted by molar-refractivity contribution is -0.134. The molecule has 0 aromatic carbocycles. The van der Waals surface area contributed by atoms with Gasteiger partial charge in [-0.1, -0.05) is 44.9 Å². The van der Waals surface area contributed by atoms with Gasteiger partial charge in [0, 0.05) is 17.4 Å². The molecular formula is C20H26O2. The SMILES string of the molecule is CC1=CC(=O)C2C(C)(C)CCC[C@]2(C)[C@H]1/C=C/c1ccoc1. The average molecular weight is 298 g/mol. The monoisotopic (exact) mass is 298 g/mol. The van der Waals surface area contributed by atoms with E-state index in [1.165, 1.54) is 12.0 Å². The molecule has 1 fully saturated rings. The van der Waals surface area contributed by atoms with Crippen LogP contribution in [-0.2, 0) is 4.79 Å². The third kappa shape index (κ3) is 2.39. The van der Waals surface area contributed by atoms with Gasteiger partial charge in [0.2, 0.25) is 0 Å².